The molecular formula is C15H16N6OS2. The van der Waals surface area contributed by atoms with E-state index in [1.807, 2.05) is 13.8 Å². The van der Waals surface area contributed by atoms with Crippen LogP contribution in [-0.4, -0.2) is 32.6 Å². The third-order valence-electron chi connectivity index (χ3n) is 3.26. The fraction of sp³-hybridized carbons (Fsp3) is 0.267. The van der Waals surface area contributed by atoms with Gasteiger partial charge in [0.05, 0.1) is 16.3 Å². The molecule has 0 aliphatic rings. The summed E-state index contributed by atoms with van der Waals surface area (Å²) in [6.45, 7) is 4.82. The lowest BCUT2D eigenvalue weighted by molar-refractivity contribution is 0.102. The SMILES string of the molecule is Cc1nc(C)c(CCNc2ccc(C(=O)Nc3nncs3)cn2)s1. The average molecular weight is 360 g/mol. The van der Waals surface area contributed by atoms with Crippen LogP contribution in [0.15, 0.2) is 23.8 Å². The van der Waals surface area contributed by atoms with Gasteiger partial charge in [-0.05, 0) is 26.0 Å². The van der Waals surface area contributed by atoms with Gasteiger partial charge in [-0.15, -0.1) is 21.5 Å². The Morgan fingerprint density at radius 3 is 2.79 bits per heavy atom. The van der Waals surface area contributed by atoms with Crippen molar-refractivity contribution in [1.29, 1.82) is 0 Å². The molecule has 0 aliphatic carbocycles. The summed E-state index contributed by atoms with van der Waals surface area (Å²) in [7, 11) is 0. The van der Waals surface area contributed by atoms with Crippen molar-refractivity contribution in [2.45, 2.75) is 20.3 Å². The number of hydrogen-bond donors (Lipinski definition) is 2. The number of anilines is 2. The summed E-state index contributed by atoms with van der Waals surface area (Å²) in [5.74, 6) is 0.489. The van der Waals surface area contributed by atoms with Crippen LogP contribution in [0.25, 0.3) is 0 Å². The number of carbonyl (C=O) groups excluding carboxylic acids is 1. The van der Waals surface area contributed by atoms with E-state index in [9.17, 15) is 4.79 Å². The molecular weight excluding hydrogens is 344 g/mol. The van der Waals surface area contributed by atoms with Gasteiger partial charge < -0.3 is 5.32 Å². The first kappa shape index (κ1) is 16.5. The summed E-state index contributed by atoms with van der Waals surface area (Å²) >= 11 is 2.99. The van der Waals surface area contributed by atoms with Crippen LogP contribution >= 0.6 is 22.7 Å². The van der Waals surface area contributed by atoms with Crippen molar-refractivity contribution in [3.05, 3.63) is 45.0 Å². The first-order chi connectivity index (χ1) is 11.6. The molecule has 0 aromatic carbocycles. The number of aryl methyl sites for hydroxylation is 2. The number of aromatic nitrogens is 4. The summed E-state index contributed by atoms with van der Waals surface area (Å²) in [5, 5.41) is 14.9. The number of amides is 1. The van der Waals surface area contributed by atoms with Crippen molar-refractivity contribution in [3.8, 4) is 0 Å². The van der Waals surface area contributed by atoms with Crippen LogP contribution < -0.4 is 10.6 Å². The Hall–Kier alpha value is -2.39. The van der Waals surface area contributed by atoms with E-state index in [1.54, 1.807) is 35.2 Å². The molecule has 3 heterocycles. The molecule has 9 heteroatoms. The Morgan fingerprint density at radius 1 is 1.29 bits per heavy atom. The number of thiazole rings is 1. The van der Waals surface area contributed by atoms with Gasteiger partial charge in [-0.25, -0.2) is 9.97 Å². The number of carbonyl (C=O) groups is 1. The Kier molecular flexibility index (Phi) is 5.11. The van der Waals surface area contributed by atoms with Gasteiger partial charge >= 0.3 is 0 Å². The molecule has 1 amide bonds. The molecule has 0 saturated carbocycles. The minimum absolute atomic E-state index is 0.249. The molecule has 3 rings (SSSR count). The van der Waals surface area contributed by atoms with Crippen LogP contribution in [0.2, 0.25) is 0 Å². The fourth-order valence-corrected chi connectivity index (χ4v) is 3.52. The van der Waals surface area contributed by atoms with Gasteiger partial charge in [0.1, 0.15) is 11.3 Å². The molecule has 0 radical (unpaired) electrons. The van der Waals surface area contributed by atoms with Crippen molar-refractivity contribution in [3.63, 3.8) is 0 Å². The Balaban J connectivity index is 1.52. The van der Waals surface area contributed by atoms with Gasteiger partial charge in [0.25, 0.3) is 5.91 Å². The van der Waals surface area contributed by atoms with Crippen LogP contribution in [0, 0.1) is 13.8 Å². The van der Waals surface area contributed by atoms with E-state index < -0.39 is 0 Å². The fourth-order valence-electron chi connectivity index (χ4n) is 2.14. The van der Waals surface area contributed by atoms with Crippen molar-refractivity contribution < 1.29 is 4.79 Å². The van der Waals surface area contributed by atoms with E-state index in [0.29, 0.717) is 10.7 Å². The summed E-state index contributed by atoms with van der Waals surface area (Å²) in [6.07, 6.45) is 2.44. The highest BCUT2D eigenvalue weighted by Gasteiger charge is 2.09. The maximum absolute atomic E-state index is 12.0. The topological polar surface area (TPSA) is 92.7 Å². The minimum Gasteiger partial charge on any atom is -0.370 e. The third-order valence-corrected chi connectivity index (χ3v) is 5.00. The zero-order valence-corrected chi connectivity index (χ0v) is 14.9. The van der Waals surface area contributed by atoms with Gasteiger partial charge in [0.15, 0.2) is 0 Å². The molecule has 0 spiro atoms. The van der Waals surface area contributed by atoms with Crippen molar-refractivity contribution in [2.24, 2.45) is 0 Å². The van der Waals surface area contributed by atoms with Gasteiger partial charge in [0, 0.05) is 24.0 Å². The zero-order valence-electron chi connectivity index (χ0n) is 13.2. The monoisotopic (exact) mass is 360 g/mol. The molecule has 0 bridgehead atoms. The summed E-state index contributed by atoms with van der Waals surface area (Å²) in [5.41, 5.74) is 3.13. The quantitative estimate of drug-likeness (QED) is 0.702. The number of nitrogens with one attached hydrogen (secondary N) is 2. The predicted molar refractivity (Wildman–Crippen MR) is 95.9 cm³/mol. The van der Waals surface area contributed by atoms with Crippen LogP contribution in [0.4, 0.5) is 10.9 Å². The Bertz CT molecular complexity index is 813. The smallest absolute Gasteiger partial charge is 0.259 e. The van der Waals surface area contributed by atoms with Gasteiger partial charge in [-0.2, -0.15) is 0 Å². The Labute approximate surface area is 147 Å². The number of nitrogens with zero attached hydrogens (tertiary/aromatic N) is 4. The second-order valence-electron chi connectivity index (χ2n) is 5.05. The van der Waals surface area contributed by atoms with Crippen LogP contribution in [-0.2, 0) is 6.42 Å². The highest BCUT2D eigenvalue weighted by Crippen LogP contribution is 2.18. The molecule has 24 heavy (non-hydrogen) atoms. The third kappa shape index (κ3) is 4.12. The second kappa shape index (κ2) is 7.45. The van der Waals surface area contributed by atoms with Gasteiger partial charge in [-0.1, -0.05) is 11.3 Å². The lowest BCUT2D eigenvalue weighted by atomic mass is 10.2. The molecule has 124 valence electrons. The van der Waals surface area contributed by atoms with E-state index in [4.69, 9.17) is 0 Å². The van der Waals surface area contributed by atoms with E-state index in [1.165, 1.54) is 16.2 Å². The second-order valence-corrected chi connectivity index (χ2v) is 7.17. The van der Waals surface area contributed by atoms with Crippen LogP contribution in [0.3, 0.4) is 0 Å². The lowest BCUT2D eigenvalue weighted by Crippen LogP contribution is -2.13. The highest BCUT2D eigenvalue weighted by molar-refractivity contribution is 7.13. The van der Waals surface area contributed by atoms with Crippen molar-refractivity contribution >= 4 is 39.5 Å². The number of rotatable bonds is 6. The molecule has 7 nitrogen and oxygen atoms in total. The lowest BCUT2D eigenvalue weighted by Gasteiger charge is -2.06. The normalized spacial score (nSPS) is 10.6. The summed E-state index contributed by atoms with van der Waals surface area (Å²) < 4.78 is 0. The summed E-state index contributed by atoms with van der Waals surface area (Å²) in [6, 6.07) is 3.52. The predicted octanol–water partition coefficient (Wildman–Crippen LogP) is 2.91. The first-order valence-electron chi connectivity index (χ1n) is 7.32. The van der Waals surface area contributed by atoms with E-state index in [2.05, 4.69) is 30.8 Å². The minimum atomic E-state index is -0.249. The zero-order chi connectivity index (χ0) is 16.9. The van der Waals surface area contributed by atoms with Gasteiger partial charge in [0.2, 0.25) is 5.13 Å². The molecule has 0 aliphatic heterocycles. The van der Waals surface area contributed by atoms with Crippen LogP contribution in [0.1, 0.15) is 25.9 Å². The largest absolute Gasteiger partial charge is 0.370 e. The highest BCUT2D eigenvalue weighted by atomic mass is 32.1. The maximum Gasteiger partial charge on any atom is 0.259 e. The van der Waals surface area contributed by atoms with Gasteiger partial charge in [-0.3, -0.25) is 10.1 Å². The Morgan fingerprint density at radius 2 is 2.17 bits per heavy atom. The molecule has 0 saturated heterocycles. The van der Waals surface area contributed by atoms with Crippen LogP contribution in [0.5, 0.6) is 0 Å². The van der Waals surface area contributed by atoms with E-state index in [0.717, 1.165) is 29.5 Å². The summed E-state index contributed by atoms with van der Waals surface area (Å²) in [4.78, 5) is 22.0. The molecule has 0 fully saturated rings. The molecule has 2 N–H and O–H groups in total. The first-order valence-corrected chi connectivity index (χ1v) is 9.02. The standard InChI is InChI=1S/C15H16N6OS2/c1-9-12(24-10(2)19-9)5-6-16-13-4-3-11(7-17-13)14(22)20-15-21-18-8-23-15/h3-4,7-8H,5-6H2,1-2H3,(H,16,17)(H,20,21,22). The van der Waals surface area contributed by atoms with Crippen molar-refractivity contribution in [1.82, 2.24) is 20.2 Å². The van der Waals surface area contributed by atoms with Crippen molar-refractivity contribution in [2.75, 3.05) is 17.2 Å². The van der Waals surface area contributed by atoms with E-state index >= 15 is 0 Å². The average Bonchev–Trinajstić information content (AvgIpc) is 3.18. The molecule has 3 aromatic heterocycles. The number of hydrogen-bond acceptors (Lipinski definition) is 8. The maximum atomic E-state index is 12.0. The molecule has 0 atom stereocenters. The molecule has 0 unspecified atom stereocenters. The van der Waals surface area contributed by atoms with E-state index in [-0.39, 0.29) is 5.91 Å². The number of pyridine rings is 1. The molecule has 3 aromatic rings.